The van der Waals surface area contributed by atoms with E-state index in [0.29, 0.717) is 23.1 Å². The number of thiocarbonyl (C=S) groups is 1. The Morgan fingerprint density at radius 3 is 2.31 bits per heavy atom. The average molecular weight is 529 g/mol. The van der Waals surface area contributed by atoms with E-state index >= 15 is 0 Å². The highest BCUT2D eigenvalue weighted by molar-refractivity contribution is 9.10. The maximum atomic E-state index is 12.5. The molecule has 0 saturated carbocycles. The van der Waals surface area contributed by atoms with E-state index in [4.69, 9.17) is 12.2 Å². The first-order valence-corrected chi connectivity index (χ1v) is 12.1. The van der Waals surface area contributed by atoms with Crippen molar-refractivity contribution < 1.29 is 9.59 Å². The van der Waals surface area contributed by atoms with Crippen LogP contribution < -0.4 is 15.5 Å². The van der Waals surface area contributed by atoms with Crippen molar-refractivity contribution in [1.82, 2.24) is 10.2 Å². The molecule has 0 spiro atoms. The lowest BCUT2D eigenvalue weighted by Crippen LogP contribution is -2.48. The fraction of sp³-hybridized carbons (Fsp3) is 0.174. The van der Waals surface area contributed by atoms with E-state index in [-0.39, 0.29) is 16.9 Å². The summed E-state index contributed by atoms with van der Waals surface area (Å²) in [6.45, 7) is 2.96. The van der Waals surface area contributed by atoms with Gasteiger partial charge in [-0.2, -0.15) is 0 Å². The van der Waals surface area contributed by atoms with Gasteiger partial charge in [-0.05, 0) is 76.0 Å². The Labute approximate surface area is 204 Å². The van der Waals surface area contributed by atoms with Gasteiger partial charge in [-0.15, -0.1) is 11.3 Å². The van der Waals surface area contributed by atoms with Crippen LogP contribution in [0.2, 0.25) is 0 Å². The fourth-order valence-corrected chi connectivity index (χ4v) is 4.82. The first-order chi connectivity index (χ1) is 15.5. The molecule has 9 heteroatoms. The maximum absolute atomic E-state index is 12.5. The third-order valence-electron chi connectivity index (χ3n) is 5.13. The number of amides is 2. The van der Waals surface area contributed by atoms with Crippen molar-refractivity contribution in [3.05, 3.63) is 81.0 Å². The minimum Gasteiger partial charge on any atom is -0.368 e. The molecule has 2 amide bonds. The quantitative estimate of drug-likeness (QED) is 0.484. The van der Waals surface area contributed by atoms with Crippen LogP contribution in [0.1, 0.15) is 20.0 Å². The standard InChI is InChI=1S/C23H21BrN4O2S2/c24-19-5-2-1-4-18(19)21(29)26-23(31)25-16-7-9-17(10-8-16)27-11-13-28(14-12-27)22(30)20-6-3-15-32-20/h1-10,15H,11-14H2,(H2,25,26,29,31). The molecular weight excluding hydrogens is 508 g/mol. The number of anilines is 2. The minimum absolute atomic E-state index is 0.109. The van der Waals surface area contributed by atoms with Crippen molar-refractivity contribution >= 4 is 67.8 Å². The Hall–Kier alpha value is -2.75. The Bertz CT molecular complexity index is 1110. The summed E-state index contributed by atoms with van der Waals surface area (Å²) >= 11 is 10.1. The molecule has 1 aliphatic rings. The van der Waals surface area contributed by atoms with Crippen LogP contribution in [0.25, 0.3) is 0 Å². The van der Waals surface area contributed by atoms with Gasteiger partial charge in [0.25, 0.3) is 11.8 Å². The molecule has 1 saturated heterocycles. The molecule has 2 N–H and O–H groups in total. The second kappa shape index (κ2) is 10.2. The summed E-state index contributed by atoms with van der Waals surface area (Å²) in [7, 11) is 0. The number of benzene rings is 2. The zero-order valence-corrected chi connectivity index (χ0v) is 20.3. The number of nitrogens with one attached hydrogen (secondary N) is 2. The van der Waals surface area contributed by atoms with Crippen LogP contribution in [-0.4, -0.2) is 48.0 Å². The third kappa shape index (κ3) is 5.35. The van der Waals surface area contributed by atoms with Crippen LogP contribution in [0.3, 0.4) is 0 Å². The van der Waals surface area contributed by atoms with Crippen LogP contribution in [0.5, 0.6) is 0 Å². The lowest BCUT2D eigenvalue weighted by molar-refractivity contribution is 0.0751. The number of nitrogens with zero attached hydrogens (tertiary/aromatic N) is 2. The summed E-state index contributed by atoms with van der Waals surface area (Å²) in [6.07, 6.45) is 0. The van der Waals surface area contributed by atoms with E-state index in [2.05, 4.69) is 31.5 Å². The molecule has 0 atom stereocenters. The summed E-state index contributed by atoms with van der Waals surface area (Å²) in [5.41, 5.74) is 2.39. The molecule has 3 aromatic rings. The smallest absolute Gasteiger partial charge is 0.264 e. The molecule has 2 aromatic carbocycles. The highest BCUT2D eigenvalue weighted by Crippen LogP contribution is 2.21. The van der Waals surface area contributed by atoms with E-state index in [1.54, 1.807) is 12.1 Å². The van der Waals surface area contributed by atoms with Gasteiger partial charge in [0.15, 0.2) is 5.11 Å². The van der Waals surface area contributed by atoms with E-state index in [9.17, 15) is 9.59 Å². The number of carbonyl (C=O) groups is 2. The SMILES string of the molecule is O=C(NC(=S)Nc1ccc(N2CCN(C(=O)c3cccs3)CC2)cc1)c1ccccc1Br. The van der Waals surface area contributed by atoms with Crippen LogP contribution in [0.4, 0.5) is 11.4 Å². The monoisotopic (exact) mass is 528 g/mol. The van der Waals surface area contributed by atoms with Gasteiger partial charge in [0.1, 0.15) is 0 Å². The highest BCUT2D eigenvalue weighted by Gasteiger charge is 2.22. The average Bonchev–Trinajstić information content (AvgIpc) is 3.34. The van der Waals surface area contributed by atoms with Gasteiger partial charge in [0, 0.05) is 42.0 Å². The minimum atomic E-state index is -0.276. The van der Waals surface area contributed by atoms with Crippen molar-refractivity contribution in [3.63, 3.8) is 0 Å². The van der Waals surface area contributed by atoms with Crippen molar-refractivity contribution in [2.75, 3.05) is 36.4 Å². The summed E-state index contributed by atoms with van der Waals surface area (Å²) < 4.78 is 0.710. The summed E-state index contributed by atoms with van der Waals surface area (Å²) in [5.74, 6) is -0.168. The molecule has 0 bridgehead atoms. The Morgan fingerprint density at radius 2 is 1.66 bits per heavy atom. The predicted octanol–water partition coefficient (Wildman–Crippen LogP) is 4.60. The lowest BCUT2D eigenvalue weighted by atomic mass is 10.2. The lowest BCUT2D eigenvalue weighted by Gasteiger charge is -2.36. The zero-order chi connectivity index (χ0) is 22.5. The van der Waals surface area contributed by atoms with E-state index in [0.717, 1.165) is 29.3 Å². The molecule has 2 heterocycles. The number of halogens is 1. The van der Waals surface area contributed by atoms with Gasteiger partial charge < -0.3 is 15.1 Å². The van der Waals surface area contributed by atoms with E-state index in [1.807, 2.05) is 58.8 Å². The van der Waals surface area contributed by atoms with E-state index in [1.165, 1.54) is 11.3 Å². The van der Waals surface area contributed by atoms with Gasteiger partial charge in [0.05, 0.1) is 10.4 Å². The molecule has 0 aliphatic carbocycles. The van der Waals surface area contributed by atoms with Gasteiger partial charge in [-0.25, -0.2) is 0 Å². The Morgan fingerprint density at radius 1 is 0.938 bits per heavy atom. The first kappa shape index (κ1) is 22.4. The third-order valence-corrected chi connectivity index (χ3v) is 6.89. The number of piperazine rings is 1. The summed E-state index contributed by atoms with van der Waals surface area (Å²) in [4.78, 5) is 29.8. The van der Waals surface area contributed by atoms with Crippen molar-refractivity contribution in [2.24, 2.45) is 0 Å². The van der Waals surface area contributed by atoms with Crippen LogP contribution in [0.15, 0.2) is 70.5 Å². The Balaban J connectivity index is 1.29. The van der Waals surface area contributed by atoms with Crippen LogP contribution in [-0.2, 0) is 0 Å². The van der Waals surface area contributed by atoms with Gasteiger partial charge >= 0.3 is 0 Å². The second-order valence-electron chi connectivity index (χ2n) is 7.19. The van der Waals surface area contributed by atoms with Crippen LogP contribution >= 0.6 is 39.5 Å². The zero-order valence-electron chi connectivity index (χ0n) is 17.1. The number of rotatable bonds is 4. The van der Waals surface area contributed by atoms with Gasteiger partial charge in [-0.1, -0.05) is 18.2 Å². The molecule has 32 heavy (non-hydrogen) atoms. The number of thiophene rings is 1. The number of hydrogen-bond acceptors (Lipinski definition) is 5. The molecule has 6 nitrogen and oxygen atoms in total. The normalized spacial score (nSPS) is 13.5. The molecule has 1 fully saturated rings. The second-order valence-corrected chi connectivity index (χ2v) is 9.40. The summed E-state index contributed by atoms with van der Waals surface area (Å²) in [6, 6.07) is 18.8. The Kier molecular flexibility index (Phi) is 7.19. The molecule has 0 unspecified atom stereocenters. The molecule has 164 valence electrons. The molecule has 1 aromatic heterocycles. The highest BCUT2D eigenvalue weighted by atomic mass is 79.9. The fourth-order valence-electron chi connectivity index (χ4n) is 3.46. The largest absolute Gasteiger partial charge is 0.368 e. The molecule has 4 rings (SSSR count). The predicted molar refractivity (Wildman–Crippen MR) is 137 cm³/mol. The molecule has 0 radical (unpaired) electrons. The van der Waals surface area contributed by atoms with Gasteiger partial charge in [0.2, 0.25) is 0 Å². The number of carbonyl (C=O) groups excluding carboxylic acids is 2. The molecule has 1 aliphatic heterocycles. The summed E-state index contributed by atoms with van der Waals surface area (Å²) in [5, 5.41) is 7.90. The van der Waals surface area contributed by atoms with Crippen molar-refractivity contribution in [3.8, 4) is 0 Å². The maximum Gasteiger partial charge on any atom is 0.264 e. The number of hydrogen-bond donors (Lipinski definition) is 2. The van der Waals surface area contributed by atoms with E-state index < -0.39 is 0 Å². The topological polar surface area (TPSA) is 64.7 Å². The van der Waals surface area contributed by atoms with Crippen molar-refractivity contribution in [1.29, 1.82) is 0 Å². The first-order valence-electron chi connectivity index (χ1n) is 10.1. The van der Waals surface area contributed by atoms with Gasteiger partial charge in [-0.3, -0.25) is 14.9 Å². The molecular formula is C23H21BrN4O2S2. The van der Waals surface area contributed by atoms with Crippen LogP contribution in [0, 0.1) is 0 Å². The van der Waals surface area contributed by atoms with Crippen molar-refractivity contribution in [2.45, 2.75) is 0 Å².